The predicted octanol–water partition coefficient (Wildman–Crippen LogP) is 6.13. The molecule has 3 fully saturated rings. The molecule has 72 heavy (non-hydrogen) atoms. The molecule has 1 N–H and O–H groups in total. The molecule has 2 amide bonds. The highest BCUT2D eigenvalue weighted by molar-refractivity contribution is 8.07. The van der Waals surface area contributed by atoms with Crippen LogP contribution in [0.25, 0.3) is 22.2 Å². The second-order valence-electron chi connectivity index (χ2n) is 19.6. The van der Waals surface area contributed by atoms with E-state index in [0.717, 1.165) is 39.5 Å². The van der Waals surface area contributed by atoms with Gasteiger partial charge >= 0.3 is 13.4 Å². The van der Waals surface area contributed by atoms with Crippen molar-refractivity contribution in [2.75, 3.05) is 38.3 Å². The highest BCUT2D eigenvalue weighted by Crippen LogP contribution is 2.57. The Hall–Kier alpha value is -3.74. The van der Waals surface area contributed by atoms with Crippen LogP contribution in [0.1, 0.15) is 72.3 Å². The van der Waals surface area contributed by atoms with E-state index in [0.29, 0.717) is 5.65 Å². The molecular formula is C44H52FN9O12P2S3Si. The summed E-state index contributed by atoms with van der Waals surface area (Å²) in [5.41, 5.74) is 1.40. The van der Waals surface area contributed by atoms with Crippen molar-refractivity contribution < 1.29 is 55.7 Å². The Morgan fingerprint density at radius 2 is 1.68 bits per heavy atom. The van der Waals surface area contributed by atoms with E-state index in [1.54, 1.807) is 46.8 Å². The zero-order chi connectivity index (χ0) is 50.9. The number of imide groups is 1. The Morgan fingerprint density at radius 1 is 0.944 bits per heavy atom. The fraction of sp³-hybridized carbons (Fsp3) is 0.545. The molecule has 5 aliphatic heterocycles. The van der Waals surface area contributed by atoms with Crippen molar-refractivity contribution >= 4 is 90.9 Å². The van der Waals surface area contributed by atoms with Crippen LogP contribution in [-0.4, -0.2) is 138 Å². The van der Waals surface area contributed by atoms with Gasteiger partial charge < -0.3 is 37.2 Å². The van der Waals surface area contributed by atoms with Gasteiger partial charge in [0.1, 0.15) is 53.8 Å². The summed E-state index contributed by atoms with van der Waals surface area (Å²) < 4.78 is 73.0. The number of nitrogens with zero attached hydrogens (tertiary/aromatic N) is 9. The van der Waals surface area contributed by atoms with Crippen LogP contribution in [-0.2, 0) is 73.4 Å². The first-order chi connectivity index (χ1) is 34.3. The lowest BCUT2D eigenvalue weighted by Gasteiger charge is -2.38. The van der Waals surface area contributed by atoms with Gasteiger partial charge in [0, 0.05) is 25.5 Å². The number of ether oxygens (including phenoxy) is 3. The van der Waals surface area contributed by atoms with E-state index in [2.05, 4.69) is 53.8 Å². The molecule has 28 heteroatoms. The number of fused-ring (bicyclic) bond motifs is 5. The summed E-state index contributed by atoms with van der Waals surface area (Å²) in [5.74, 6) is -0.0575. The minimum atomic E-state index is -4.34. The van der Waals surface area contributed by atoms with Gasteiger partial charge in [0.25, 0.3) is 17.4 Å². The smallest absolute Gasteiger partial charge is 0.327 e. The van der Waals surface area contributed by atoms with E-state index in [1.165, 1.54) is 28.1 Å². The molecule has 384 valence electrons. The molecule has 0 aliphatic carbocycles. The molecule has 9 heterocycles. The molecule has 4 aromatic heterocycles. The van der Waals surface area contributed by atoms with Crippen LogP contribution < -0.4 is 5.56 Å². The topological polar surface area (TPSA) is 239 Å². The van der Waals surface area contributed by atoms with Gasteiger partial charge in [-0.2, -0.15) is 5.26 Å². The number of hydrogen-bond donors (Lipinski definition) is 1. The minimum absolute atomic E-state index is 0.0709. The SMILES string of the molecule is CC(C)(C)[Si](C)(C)CO[C@H]1[C@H]2OP(=S)(OCCC#N)OC[C@H]3O[C@@H](n4cc5c6c(ncnc64)SCCC5)[C@H](F)[C@@H]3OP(O)(=S)OC[C@H]1O[C@H]2n1cnc2c(=O)n(CCN3C(=O)c4ccccc4C3=O)cnc21. The van der Waals surface area contributed by atoms with Crippen molar-refractivity contribution in [3.63, 3.8) is 0 Å². The van der Waals surface area contributed by atoms with Crippen molar-refractivity contribution in [2.45, 2.75) is 119 Å². The van der Waals surface area contributed by atoms with E-state index < -0.39 is 101 Å². The third kappa shape index (κ3) is 9.73. The largest absolute Gasteiger partial charge is 0.376 e. The first-order valence-electron chi connectivity index (χ1n) is 23.3. The zero-order valence-corrected chi connectivity index (χ0v) is 45.0. The van der Waals surface area contributed by atoms with Crippen LogP contribution >= 0.6 is 25.2 Å². The van der Waals surface area contributed by atoms with Gasteiger partial charge in [0.2, 0.25) is 0 Å². The Balaban J connectivity index is 0.989. The van der Waals surface area contributed by atoms with Gasteiger partial charge in [-0.15, -0.1) is 11.8 Å². The molecule has 1 aromatic carbocycles. The maximum Gasteiger partial charge on any atom is 0.327 e. The highest BCUT2D eigenvalue weighted by Gasteiger charge is 2.55. The molecule has 21 nitrogen and oxygen atoms in total. The van der Waals surface area contributed by atoms with Gasteiger partial charge in [-0.25, -0.2) is 24.3 Å². The van der Waals surface area contributed by atoms with Crippen LogP contribution in [0.2, 0.25) is 18.1 Å². The molecule has 2 unspecified atom stereocenters. The van der Waals surface area contributed by atoms with E-state index in [9.17, 15) is 24.5 Å². The zero-order valence-electron chi connectivity index (χ0n) is 39.8. The summed E-state index contributed by atoms with van der Waals surface area (Å²) in [6.07, 6.45) is -3.06. The van der Waals surface area contributed by atoms with Crippen LogP contribution in [0.3, 0.4) is 0 Å². The van der Waals surface area contributed by atoms with Crippen LogP contribution in [0, 0.1) is 11.3 Å². The number of hydrogen-bond acceptors (Lipinski definition) is 19. The summed E-state index contributed by atoms with van der Waals surface area (Å²) in [4.78, 5) is 71.2. The number of imidazole rings is 1. The lowest BCUT2D eigenvalue weighted by atomic mass is 10.1. The molecule has 3 saturated heterocycles. The summed E-state index contributed by atoms with van der Waals surface area (Å²) in [6.45, 7) is 1.03. The van der Waals surface area contributed by atoms with Crippen molar-refractivity contribution in [3.05, 3.63) is 76.5 Å². The van der Waals surface area contributed by atoms with E-state index >= 15 is 4.39 Å². The monoisotopic (exact) mass is 1100 g/mol. The number of amides is 2. The Bertz CT molecular complexity index is 3120. The Kier molecular flexibility index (Phi) is 14.4. The first-order valence-corrected chi connectivity index (χ1v) is 32.6. The van der Waals surface area contributed by atoms with Crippen molar-refractivity contribution in [1.29, 1.82) is 5.26 Å². The third-order valence-corrected chi connectivity index (χ3v) is 24.0. The molecule has 0 spiro atoms. The molecule has 0 saturated carbocycles. The normalized spacial score (nSPS) is 30.2. The summed E-state index contributed by atoms with van der Waals surface area (Å²) in [6, 6.07) is 8.55. The van der Waals surface area contributed by atoms with Crippen LogP contribution in [0.4, 0.5) is 4.39 Å². The minimum Gasteiger partial charge on any atom is -0.376 e. The number of thioether (sulfide) groups is 1. The first kappa shape index (κ1) is 51.7. The number of benzene rings is 1. The Labute approximate surface area is 428 Å². The Morgan fingerprint density at radius 3 is 2.42 bits per heavy atom. The van der Waals surface area contributed by atoms with Gasteiger partial charge in [-0.3, -0.25) is 37.5 Å². The number of alkyl halides is 1. The summed E-state index contributed by atoms with van der Waals surface area (Å²) in [5, 5.41) is 11.0. The van der Waals surface area contributed by atoms with Gasteiger partial charge in [0.05, 0.1) is 63.2 Å². The fourth-order valence-electron chi connectivity index (χ4n) is 9.04. The average Bonchev–Trinajstić information content (AvgIpc) is 4.11. The van der Waals surface area contributed by atoms with Crippen LogP contribution in [0.5, 0.6) is 0 Å². The molecule has 10 rings (SSSR count). The molecule has 10 atom stereocenters. The number of nitriles is 1. The van der Waals surface area contributed by atoms with E-state index in [1.807, 2.05) is 6.07 Å². The van der Waals surface area contributed by atoms with Gasteiger partial charge in [0.15, 0.2) is 29.8 Å². The maximum atomic E-state index is 17.2. The van der Waals surface area contributed by atoms with Gasteiger partial charge in [-0.05, 0) is 64.9 Å². The van der Waals surface area contributed by atoms with Gasteiger partial charge in [-0.1, -0.05) is 46.0 Å². The van der Waals surface area contributed by atoms with Crippen LogP contribution in [0.15, 0.2) is 59.3 Å². The average molecular weight is 1100 g/mol. The third-order valence-electron chi connectivity index (χ3n) is 14.0. The van der Waals surface area contributed by atoms with Crippen molar-refractivity contribution in [3.8, 4) is 6.07 Å². The fourth-order valence-corrected chi connectivity index (χ4v) is 14.6. The second-order valence-corrected chi connectivity index (χ2v) is 32.0. The second kappa shape index (κ2) is 20.1. The number of carbonyl (C=O) groups is 2. The molecule has 0 radical (unpaired) electrons. The van der Waals surface area contributed by atoms with Crippen molar-refractivity contribution in [1.82, 2.24) is 38.5 Å². The lowest BCUT2D eigenvalue weighted by molar-refractivity contribution is -0.0622. The summed E-state index contributed by atoms with van der Waals surface area (Å²) >= 11 is 13.3. The van der Waals surface area contributed by atoms with E-state index in [-0.39, 0.29) is 59.7 Å². The number of carbonyl (C=O) groups excluding carboxylic acids is 2. The number of rotatable bonds is 11. The number of aromatic nitrogens is 7. The maximum absolute atomic E-state index is 17.2. The number of halogens is 1. The molecule has 5 aromatic rings. The standard InChI is InChI=1S/C44H52FN9O12P2S3Si/c1-44(2,3)72(4,5)24-59-34-29-19-61-67(58,69)65-33-28(63-42(31(33)45)53-18-25-10-8-17-71-38-30(25)36(53)47-21-48-38)20-62-68(70,60-16-9-13-46)66-35(34)43(64-29)54-23-49-32-37(54)50-22-51(41(32)57)14-15-52-39(55)26-11-6-7-12-27(26)40(52)56/h6-7,11-12,18,21-23,28-29,31,33-35,42-43H,8-10,14-17,19-20,24H2,1-5H3,(H,58,69)/t28-,29-,31-,33-,34-,35-,42-,43-,67?,68?/m1/s1. The predicted molar refractivity (Wildman–Crippen MR) is 268 cm³/mol. The molecular weight excluding hydrogens is 1050 g/mol. The highest BCUT2D eigenvalue weighted by atomic mass is 32.5. The lowest BCUT2D eigenvalue weighted by Crippen LogP contribution is -2.47. The number of aryl methyl sites for hydroxylation is 1. The molecule has 5 aliphatic rings. The van der Waals surface area contributed by atoms with E-state index in [4.69, 9.17) is 60.4 Å². The quantitative estimate of drug-likeness (QED) is 0.0515. The summed E-state index contributed by atoms with van der Waals surface area (Å²) in [7, 11) is -2.22. The molecule has 2 bridgehead atoms. The van der Waals surface area contributed by atoms with Crippen molar-refractivity contribution in [2.24, 2.45) is 0 Å².